The highest BCUT2D eigenvalue weighted by Crippen LogP contribution is 2.16. The monoisotopic (exact) mass is 234 g/mol. The molecule has 1 aromatic carbocycles. The molecule has 3 heteroatoms. The lowest BCUT2D eigenvalue weighted by atomic mass is 9.91. The largest absolute Gasteiger partial charge is 0.330 e. The Hall–Kier alpha value is -1.35. The van der Waals surface area contributed by atoms with Gasteiger partial charge in [0.15, 0.2) is 0 Å². The zero-order valence-electron chi connectivity index (χ0n) is 10.6. The van der Waals surface area contributed by atoms with Crippen molar-refractivity contribution in [1.82, 2.24) is 0 Å². The van der Waals surface area contributed by atoms with E-state index < -0.39 is 0 Å². The molecule has 0 aliphatic heterocycles. The molecule has 3 nitrogen and oxygen atoms in total. The normalized spacial score (nSPS) is 12.5. The van der Waals surface area contributed by atoms with E-state index in [2.05, 4.69) is 19.2 Å². The summed E-state index contributed by atoms with van der Waals surface area (Å²) in [5, 5.41) is 2.88. The summed E-state index contributed by atoms with van der Waals surface area (Å²) in [6, 6.07) is 9.53. The van der Waals surface area contributed by atoms with Gasteiger partial charge in [0.2, 0.25) is 5.91 Å². The molecule has 0 heterocycles. The number of para-hydroxylation sites is 1. The SMILES string of the molecule is CC(C)C(CN)CCC(=O)Nc1ccccc1. The summed E-state index contributed by atoms with van der Waals surface area (Å²) in [4.78, 5) is 11.7. The standard InChI is InChI=1S/C14H22N2O/c1-11(2)12(10-15)8-9-14(17)16-13-6-4-3-5-7-13/h3-7,11-12H,8-10,15H2,1-2H3,(H,16,17). The molecular formula is C14H22N2O. The predicted octanol–water partition coefficient (Wildman–Crippen LogP) is 2.64. The van der Waals surface area contributed by atoms with E-state index in [1.165, 1.54) is 0 Å². The summed E-state index contributed by atoms with van der Waals surface area (Å²) in [5.74, 6) is 1.02. The maximum atomic E-state index is 11.7. The summed E-state index contributed by atoms with van der Waals surface area (Å²) in [7, 11) is 0. The maximum Gasteiger partial charge on any atom is 0.224 e. The van der Waals surface area contributed by atoms with Crippen molar-refractivity contribution in [2.75, 3.05) is 11.9 Å². The molecule has 17 heavy (non-hydrogen) atoms. The fourth-order valence-corrected chi connectivity index (χ4v) is 1.78. The summed E-state index contributed by atoms with van der Waals surface area (Å²) in [5.41, 5.74) is 6.53. The second-order valence-electron chi connectivity index (χ2n) is 4.69. The van der Waals surface area contributed by atoms with Crippen molar-refractivity contribution in [3.63, 3.8) is 0 Å². The highest BCUT2D eigenvalue weighted by atomic mass is 16.1. The lowest BCUT2D eigenvalue weighted by Crippen LogP contribution is -2.22. The third-order valence-corrected chi connectivity index (χ3v) is 3.05. The summed E-state index contributed by atoms with van der Waals surface area (Å²) < 4.78 is 0. The van der Waals surface area contributed by atoms with Gasteiger partial charge in [-0.1, -0.05) is 32.0 Å². The third-order valence-electron chi connectivity index (χ3n) is 3.05. The highest BCUT2D eigenvalue weighted by molar-refractivity contribution is 5.90. The van der Waals surface area contributed by atoms with Gasteiger partial charge in [0.05, 0.1) is 0 Å². The van der Waals surface area contributed by atoms with Crippen LogP contribution < -0.4 is 11.1 Å². The molecule has 0 aliphatic rings. The van der Waals surface area contributed by atoms with E-state index in [0.717, 1.165) is 12.1 Å². The van der Waals surface area contributed by atoms with Crippen molar-refractivity contribution >= 4 is 11.6 Å². The van der Waals surface area contributed by atoms with Gasteiger partial charge in [-0.05, 0) is 36.9 Å². The number of amides is 1. The molecule has 1 atom stereocenters. The van der Waals surface area contributed by atoms with Gasteiger partial charge >= 0.3 is 0 Å². The van der Waals surface area contributed by atoms with E-state index in [9.17, 15) is 4.79 Å². The molecule has 0 spiro atoms. The maximum absolute atomic E-state index is 11.7. The lowest BCUT2D eigenvalue weighted by Gasteiger charge is -2.18. The smallest absolute Gasteiger partial charge is 0.224 e. The van der Waals surface area contributed by atoms with Gasteiger partial charge in [0.25, 0.3) is 0 Å². The van der Waals surface area contributed by atoms with Crippen LogP contribution in [0.25, 0.3) is 0 Å². The molecule has 3 N–H and O–H groups in total. The van der Waals surface area contributed by atoms with Crippen LogP contribution in [-0.4, -0.2) is 12.5 Å². The van der Waals surface area contributed by atoms with Crippen LogP contribution in [0.3, 0.4) is 0 Å². The molecule has 1 unspecified atom stereocenters. The zero-order valence-corrected chi connectivity index (χ0v) is 10.6. The predicted molar refractivity (Wildman–Crippen MR) is 71.7 cm³/mol. The van der Waals surface area contributed by atoms with E-state index in [4.69, 9.17) is 5.73 Å². The number of rotatable bonds is 6. The van der Waals surface area contributed by atoms with Crippen molar-refractivity contribution in [1.29, 1.82) is 0 Å². The first-order valence-electron chi connectivity index (χ1n) is 6.18. The van der Waals surface area contributed by atoms with Crippen LogP contribution in [0.15, 0.2) is 30.3 Å². The van der Waals surface area contributed by atoms with Crippen molar-refractivity contribution in [3.8, 4) is 0 Å². The topological polar surface area (TPSA) is 55.1 Å². The zero-order chi connectivity index (χ0) is 12.7. The van der Waals surface area contributed by atoms with Crippen LogP contribution in [0.4, 0.5) is 5.69 Å². The number of nitrogens with two attached hydrogens (primary N) is 1. The molecular weight excluding hydrogens is 212 g/mol. The number of anilines is 1. The van der Waals surface area contributed by atoms with E-state index in [1.807, 2.05) is 30.3 Å². The van der Waals surface area contributed by atoms with Gasteiger partial charge in [-0.15, -0.1) is 0 Å². The molecule has 0 radical (unpaired) electrons. The van der Waals surface area contributed by atoms with Gasteiger partial charge in [0, 0.05) is 12.1 Å². The molecule has 94 valence electrons. The number of nitrogens with one attached hydrogen (secondary N) is 1. The van der Waals surface area contributed by atoms with Gasteiger partial charge in [-0.3, -0.25) is 4.79 Å². The quantitative estimate of drug-likeness (QED) is 0.795. The van der Waals surface area contributed by atoms with Crippen LogP contribution in [0.5, 0.6) is 0 Å². The Morgan fingerprint density at radius 3 is 2.47 bits per heavy atom. The van der Waals surface area contributed by atoms with Gasteiger partial charge < -0.3 is 11.1 Å². The van der Waals surface area contributed by atoms with Crippen molar-refractivity contribution in [3.05, 3.63) is 30.3 Å². The van der Waals surface area contributed by atoms with E-state index in [1.54, 1.807) is 0 Å². The molecule has 1 rings (SSSR count). The third kappa shape index (κ3) is 5.00. The van der Waals surface area contributed by atoms with E-state index in [-0.39, 0.29) is 5.91 Å². The molecule has 0 aromatic heterocycles. The van der Waals surface area contributed by atoms with Crippen LogP contribution >= 0.6 is 0 Å². The number of hydrogen-bond acceptors (Lipinski definition) is 2. The summed E-state index contributed by atoms with van der Waals surface area (Å²) >= 11 is 0. The molecule has 1 aromatic rings. The Labute approximate surface area is 103 Å². The van der Waals surface area contributed by atoms with Crippen LogP contribution in [0.2, 0.25) is 0 Å². The van der Waals surface area contributed by atoms with Crippen LogP contribution in [0.1, 0.15) is 26.7 Å². The van der Waals surface area contributed by atoms with Crippen LogP contribution in [0, 0.1) is 11.8 Å². The minimum Gasteiger partial charge on any atom is -0.330 e. The fourth-order valence-electron chi connectivity index (χ4n) is 1.78. The number of carbonyl (C=O) groups excluding carboxylic acids is 1. The molecule has 0 aliphatic carbocycles. The second kappa shape index (κ2) is 7.07. The lowest BCUT2D eigenvalue weighted by molar-refractivity contribution is -0.116. The first-order chi connectivity index (χ1) is 8.13. The number of hydrogen-bond donors (Lipinski definition) is 2. The minimum absolute atomic E-state index is 0.0651. The first kappa shape index (κ1) is 13.7. The molecule has 0 bridgehead atoms. The molecule has 0 fully saturated rings. The Balaban J connectivity index is 2.35. The van der Waals surface area contributed by atoms with Crippen molar-refractivity contribution in [2.45, 2.75) is 26.7 Å². The van der Waals surface area contributed by atoms with Gasteiger partial charge in [-0.25, -0.2) is 0 Å². The Kier molecular flexibility index (Phi) is 5.70. The van der Waals surface area contributed by atoms with E-state index in [0.29, 0.717) is 24.8 Å². The number of benzene rings is 1. The molecule has 0 saturated carbocycles. The van der Waals surface area contributed by atoms with Gasteiger partial charge in [-0.2, -0.15) is 0 Å². The first-order valence-corrected chi connectivity index (χ1v) is 6.18. The molecule has 0 saturated heterocycles. The fraction of sp³-hybridized carbons (Fsp3) is 0.500. The Bertz CT molecular complexity index is 335. The summed E-state index contributed by atoms with van der Waals surface area (Å²) in [6.07, 6.45) is 1.39. The highest BCUT2D eigenvalue weighted by Gasteiger charge is 2.13. The van der Waals surface area contributed by atoms with Crippen LogP contribution in [-0.2, 0) is 4.79 Å². The average molecular weight is 234 g/mol. The van der Waals surface area contributed by atoms with Crippen molar-refractivity contribution in [2.24, 2.45) is 17.6 Å². The number of carbonyl (C=O) groups is 1. The van der Waals surface area contributed by atoms with E-state index >= 15 is 0 Å². The summed E-state index contributed by atoms with van der Waals surface area (Å²) in [6.45, 7) is 4.94. The Morgan fingerprint density at radius 1 is 1.29 bits per heavy atom. The average Bonchev–Trinajstić information content (AvgIpc) is 2.30. The molecule has 1 amide bonds. The van der Waals surface area contributed by atoms with Crippen molar-refractivity contribution < 1.29 is 4.79 Å². The minimum atomic E-state index is 0.0651. The Morgan fingerprint density at radius 2 is 1.94 bits per heavy atom. The second-order valence-corrected chi connectivity index (χ2v) is 4.69. The van der Waals surface area contributed by atoms with Gasteiger partial charge in [0.1, 0.15) is 0 Å².